The molecule has 0 N–H and O–H groups in total. The first kappa shape index (κ1) is 11.7. The number of carbonyl (C=O) groups excluding carboxylic acids is 1. The Morgan fingerprint density at radius 3 is 2.44 bits per heavy atom. The average Bonchev–Trinajstić information content (AvgIpc) is 2.78. The van der Waals surface area contributed by atoms with Crippen LogP contribution < -0.4 is 0 Å². The molecular formula is C16H19NO. The van der Waals surface area contributed by atoms with Gasteiger partial charge >= 0.3 is 0 Å². The first-order chi connectivity index (χ1) is 8.86. The standard InChI is InChI=1S/C16H19NO/c18-12-17-16(10-3-4-11-16)15-9-2-1-8-14(15)13-6-5-7-13/h1-2,8-9,13H,3-7,10-11H2. The second-order valence-corrected chi connectivity index (χ2v) is 5.66. The fourth-order valence-electron chi connectivity index (χ4n) is 3.48. The molecule has 0 saturated heterocycles. The van der Waals surface area contributed by atoms with Gasteiger partial charge in [-0.05, 0) is 42.7 Å². The van der Waals surface area contributed by atoms with E-state index in [2.05, 4.69) is 29.3 Å². The summed E-state index contributed by atoms with van der Waals surface area (Å²) >= 11 is 0. The third kappa shape index (κ3) is 1.81. The van der Waals surface area contributed by atoms with E-state index in [1.54, 1.807) is 0 Å². The zero-order valence-electron chi connectivity index (χ0n) is 10.7. The molecule has 0 bridgehead atoms. The van der Waals surface area contributed by atoms with Crippen molar-refractivity contribution < 1.29 is 4.79 Å². The van der Waals surface area contributed by atoms with Crippen molar-refractivity contribution >= 4 is 6.08 Å². The Labute approximate surface area is 108 Å². The predicted octanol–water partition coefficient (Wildman–Crippen LogP) is 4.06. The lowest BCUT2D eigenvalue weighted by Crippen LogP contribution is -2.23. The molecule has 0 radical (unpaired) electrons. The minimum absolute atomic E-state index is 0.256. The van der Waals surface area contributed by atoms with Crippen LogP contribution in [-0.2, 0) is 10.3 Å². The molecule has 2 aliphatic carbocycles. The maximum absolute atomic E-state index is 10.8. The molecule has 0 spiro atoms. The molecule has 18 heavy (non-hydrogen) atoms. The van der Waals surface area contributed by atoms with Crippen molar-refractivity contribution in [1.82, 2.24) is 0 Å². The Kier molecular flexibility index (Phi) is 3.05. The largest absolute Gasteiger partial charge is 0.235 e. The van der Waals surface area contributed by atoms with E-state index in [4.69, 9.17) is 0 Å². The van der Waals surface area contributed by atoms with Crippen LogP contribution >= 0.6 is 0 Å². The van der Waals surface area contributed by atoms with E-state index in [9.17, 15) is 4.79 Å². The Hall–Kier alpha value is -1.40. The van der Waals surface area contributed by atoms with Crippen LogP contribution in [-0.4, -0.2) is 6.08 Å². The topological polar surface area (TPSA) is 29.4 Å². The molecule has 0 heterocycles. The molecule has 2 fully saturated rings. The average molecular weight is 241 g/mol. The van der Waals surface area contributed by atoms with Gasteiger partial charge in [-0.2, -0.15) is 4.99 Å². The molecule has 0 aliphatic heterocycles. The highest BCUT2D eigenvalue weighted by Gasteiger charge is 2.38. The first-order valence-corrected chi connectivity index (χ1v) is 7.04. The predicted molar refractivity (Wildman–Crippen MR) is 71.3 cm³/mol. The highest BCUT2D eigenvalue weighted by atomic mass is 16.1. The van der Waals surface area contributed by atoms with E-state index in [1.165, 1.54) is 43.2 Å². The van der Waals surface area contributed by atoms with Crippen LogP contribution in [0.25, 0.3) is 0 Å². The van der Waals surface area contributed by atoms with Gasteiger partial charge in [0.1, 0.15) is 0 Å². The Morgan fingerprint density at radius 1 is 1.11 bits per heavy atom. The summed E-state index contributed by atoms with van der Waals surface area (Å²) in [4.78, 5) is 15.0. The number of rotatable bonds is 3. The van der Waals surface area contributed by atoms with Gasteiger partial charge in [0.15, 0.2) is 0 Å². The number of hydrogen-bond donors (Lipinski definition) is 0. The molecule has 2 nitrogen and oxygen atoms in total. The van der Waals surface area contributed by atoms with Crippen LogP contribution in [0, 0.1) is 0 Å². The van der Waals surface area contributed by atoms with Crippen LogP contribution in [0.3, 0.4) is 0 Å². The van der Waals surface area contributed by atoms with Crippen molar-refractivity contribution in [2.45, 2.75) is 56.4 Å². The summed E-state index contributed by atoms with van der Waals surface area (Å²) in [6, 6.07) is 8.61. The van der Waals surface area contributed by atoms with E-state index in [-0.39, 0.29) is 5.54 Å². The van der Waals surface area contributed by atoms with Crippen molar-refractivity contribution in [1.29, 1.82) is 0 Å². The quantitative estimate of drug-likeness (QED) is 0.579. The van der Waals surface area contributed by atoms with Gasteiger partial charge in [0.25, 0.3) is 0 Å². The van der Waals surface area contributed by atoms with E-state index in [1.807, 2.05) is 6.08 Å². The van der Waals surface area contributed by atoms with Crippen molar-refractivity contribution in [3.63, 3.8) is 0 Å². The van der Waals surface area contributed by atoms with Gasteiger partial charge in [-0.15, -0.1) is 0 Å². The molecule has 2 saturated carbocycles. The zero-order valence-corrected chi connectivity index (χ0v) is 10.7. The molecule has 0 unspecified atom stereocenters. The summed E-state index contributed by atoms with van der Waals surface area (Å²) in [6.45, 7) is 0. The molecule has 2 aliphatic rings. The number of nitrogens with zero attached hydrogens (tertiary/aromatic N) is 1. The zero-order chi connectivity index (χ0) is 12.4. The molecule has 0 amide bonds. The molecule has 1 aromatic rings. The number of hydrogen-bond acceptors (Lipinski definition) is 2. The smallest absolute Gasteiger partial charge is 0.211 e. The van der Waals surface area contributed by atoms with Crippen LogP contribution in [0.15, 0.2) is 29.3 Å². The fraction of sp³-hybridized carbons (Fsp3) is 0.562. The molecular weight excluding hydrogens is 222 g/mol. The van der Waals surface area contributed by atoms with E-state index < -0.39 is 0 Å². The minimum atomic E-state index is -0.256. The Balaban J connectivity index is 2.06. The van der Waals surface area contributed by atoms with Gasteiger partial charge in [-0.3, -0.25) is 0 Å². The van der Waals surface area contributed by atoms with Gasteiger partial charge in [0.2, 0.25) is 6.08 Å². The highest BCUT2D eigenvalue weighted by molar-refractivity contribution is 5.43. The van der Waals surface area contributed by atoms with Crippen molar-refractivity contribution in [3.05, 3.63) is 35.4 Å². The SMILES string of the molecule is O=C=NC1(c2ccccc2C2CCC2)CCCC1. The van der Waals surface area contributed by atoms with Crippen LogP contribution in [0.1, 0.15) is 62.0 Å². The molecule has 0 atom stereocenters. The second-order valence-electron chi connectivity index (χ2n) is 5.66. The summed E-state index contributed by atoms with van der Waals surface area (Å²) in [6.07, 6.45) is 10.1. The van der Waals surface area contributed by atoms with Crippen molar-refractivity contribution in [3.8, 4) is 0 Å². The van der Waals surface area contributed by atoms with E-state index >= 15 is 0 Å². The van der Waals surface area contributed by atoms with Crippen molar-refractivity contribution in [2.75, 3.05) is 0 Å². The summed E-state index contributed by atoms with van der Waals surface area (Å²) < 4.78 is 0. The minimum Gasteiger partial charge on any atom is -0.211 e. The van der Waals surface area contributed by atoms with Gasteiger partial charge in [0.05, 0.1) is 5.54 Å². The third-order valence-corrected chi connectivity index (χ3v) is 4.70. The lowest BCUT2D eigenvalue weighted by atomic mass is 9.74. The van der Waals surface area contributed by atoms with Gasteiger partial charge in [0, 0.05) is 0 Å². The van der Waals surface area contributed by atoms with Crippen LogP contribution in [0.4, 0.5) is 0 Å². The lowest BCUT2D eigenvalue weighted by molar-refractivity contribution is 0.396. The van der Waals surface area contributed by atoms with Gasteiger partial charge in [-0.25, -0.2) is 4.79 Å². The van der Waals surface area contributed by atoms with Crippen molar-refractivity contribution in [2.24, 2.45) is 4.99 Å². The fourth-order valence-corrected chi connectivity index (χ4v) is 3.48. The number of benzene rings is 1. The Morgan fingerprint density at radius 2 is 1.83 bits per heavy atom. The van der Waals surface area contributed by atoms with Crippen LogP contribution in [0.5, 0.6) is 0 Å². The first-order valence-electron chi connectivity index (χ1n) is 7.04. The number of aliphatic imine (C=N–C) groups is 1. The van der Waals surface area contributed by atoms with E-state index in [0.717, 1.165) is 12.8 Å². The second kappa shape index (κ2) is 4.70. The summed E-state index contributed by atoms with van der Waals surface area (Å²) in [5.41, 5.74) is 2.48. The molecule has 2 heteroatoms. The summed E-state index contributed by atoms with van der Waals surface area (Å²) in [7, 11) is 0. The summed E-state index contributed by atoms with van der Waals surface area (Å²) in [5.74, 6) is 0.695. The van der Waals surface area contributed by atoms with Gasteiger partial charge < -0.3 is 0 Å². The maximum Gasteiger partial charge on any atom is 0.235 e. The highest BCUT2D eigenvalue weighted by Crippen LogP contribution is 2.47. The molecule has 3 rings (SSSR count). The van der Waals surface area contributed by atoms with E-state index in [0.29, 0.717) is 5.92 Å². The van der Waals surface area contributed by atoms with Crippen LogP contribution in [0.2, 0.25) is 0 Å². The third-order valence-electron chi connectivity index (χ3n) is 4.70. The monoisotopic (exact) mass is 241 g/mol. The normalized spacial score (nSPS) is 22.2. The Bertz CT molecular complexity index is 478. The lowest BCUT2D eigenvalue weighted by Gasteiger charge is -2.33. The molecule has 1 aromatic carbocycles. The summed E-state index contributed by atoms with van der Waals surface area (Å²) in [5, 5.41) is 0. The maximum atomic E-state index is 10.8. The van der Waals surface area contributed by atoms with Gasteiger partial charge in [-0.1, -0.05) is 43.5 Å². The molecule has 0 aromatic heterocycles. The molecule has 94 valence electrons. The number of isocyanates is 1.